The molecule has 6 heterocycles. The summed E-state index contributed by atoms with van der Waals surface area (Å²) in [5.41, 5.74) is 19.1. The average Bonchev–Trinajstić information content (AvgIpc) is 1.59. The highest BCUT2D eigenvalue weighted by atomic mass is 32.1. The first kappa shape index (κ1) is 61.7. The molecule has 0 saturated heterocycles. The number of furan rings is 2. The van der Waals surface area contributed by atoms with Crippen molar-refractivity contribution in [3.05, 3.63) is 271 Å². The molecule has 0 saturated carbocycles. The Kier molecular flexibility index (Phi) is 15.4. The number of hydrogen-bond acceptors (Lipinski definition) is 3. The van der Waals surface area contributed by atoms with E-state index in [2.05, 4.69) is 307 Å². The van der Waals surface area contributed by atoms with E-state index in [9.17, 15) is 0 Å². The molecule has 0 spiro atoms. The minimum atomic E-state index is 0. The Labute approximate surface area is 549 Å². The summed E-state index contributed by atoms with van der Waals surface area (Å²) in [7, 11) is 0. The highest BCUT2D eigenvalue weighted by Gasteiger charge is 2.23. The summed E-state index contributed by atoms with van der Waals surface area (Å²) < 4.78 is 22.4. The van der Waals surface area contributed by atoms with Crippen LogP contribution >= 0.6 is 11.3 Å². The third-order valence-electron chi connectivity index (χ3n) is 18.5. The van der Waals surface area contributed by atoms with Gasteiger partial charge in [-0.1, -0.05) is 236 Å². The minimum Gasteiger partial charge on any atom is -0.456 e. The number of para-hydroxylation sites is 5. The molecule has 0 bridgehead atoms. The van der Waals surface area contributed by atoms with Crippen molar-refractivity contribution in [2.75, 3.05) is 0 Å². The van der Waals surface area contributed by atoms with Crippen LogP contribution in [0.3, 0.4) is 0 Å². The lowest BCUT2D eigenvalue weighted by Gasteiger charge is -2.19. The molecule has 0 aliphatic carbocycles. The van der Waals surface area contributed by atoms with E-state index in [0.717, 1.165) is 22.3 Å². The van der Waals surface area contributed by atoms with E-state index in [1.54, 1.807) is 0 Å². The van der Waals surface area contributed by atoms with Crippen LogP contribution in [0.2, 0.25) is 0 Å². The molecule has 6 heteroatoms. The zero-order chi connectivity index (χ0) is 61.4. The second kappa shape index (κ2) is 23.2. The topological polar surface area (TPSA) is 41.1 Å². The van der Waals surface area contributed by atoms with Gasteiger partial charge in [-0.3, -0.25) is 0 Å². The second-order valence-corrected chi connectivity index (χ2v) is 28.3. The molecule has 93 heavy (non-hydrogen) atoms. The smallest absolute Gasteiger partial charge is 0.145 e. The van der Waals surface area contributed by atoms with Crippen molar-refractivity contribution in [2.45, 2.75) is 101 Å². The maximum Gasteiger partial charge on any atom is 0.145 e. The highest BCUT2D eigenvalue weighted by molar-refractivity contribution is 7.26. The van der Waals surface area contributed by atoms with Crippen molar-refractivity contribution in [2.24, 2.45) is 0 Å². The summed E-state index contributed by atoms with van der Waals surface area (Å²) >= 11 is 1.91. The molecule has 0 aliphatic rings. The fourth-order valence-electron chi connectivity index (χ4n) is 13.8. The number of nitrogens with zero attached hydrogens (tertiary/aromatic N) is 3. The van der Waals surface area contributed by atoms with Crippen molar-refractivity contribution >= 4 is 141 Å². The van der Waals surface area contributed by atoms with Crippen LogP contribution in [0.5, 0.6) is 0 Å². The van der Waals surface area contributed by atoms with E-state index in [-0.39, 0.29) is 38.5 Å². The third kappa shape index (κ3) is 10.2. The monoisotopic (exact) mass is 1230 g/mol. The largest absolute Gasteiger partial charge is 0.456 e. The normalized spacial score (nSPS) is 12.1. The number of thiophene rings is 1. The van der Waals surface area contributed by atoms with Crippen molar-refractivity contribution < 1.29 is 8.83 Å². The number of hydrogen-bond donors (Lipinski definition) is 0. The molecule has 0 aliphatic heterocycles. The summed E-state index contributed by atoms with van der Waals surface area (Å²) in [5.74, 6) is 0. The van der Waals surface area contributed by atoms with E-state index >= 15 is 0 Å². The first-order chi connectivity index (χ1) is 43.5. The van der Waals surface area contributed by atoms with Gasteiger partial charge >= 0.3 is 0 Å². The molecule has 6 aromatic heterocycles. The number of aromatic nitrogens is 3. The summed E-state index contributed by atoms with van der Waals surface area (Å²) in [6, 6.07) is 91.9. The van der Waals surface area contributed by atoms with Crippen LogP contribution in [0.1, 0.15) is 101 Å². The molecule has 0 atom stereocenters. The molecule has 18 aromatic rings. The van der Waals surface area contributed by atoms with Gasteiger partial charge in [-0.25, -0.2) is 0 Å². The molecule has 18 rings (SSSR count). The lowest BCUT2D eigenvalue weighted by atomic mass is 9.87. The first-order valence-electron chi connectivity index (χ1n) is 31.4. The van der Waals surface area contributed by atoms with Crippen LogP contribution < -0.4 is 0 Å². The first-order valence-corrected chi connectivity index (χ1v) is 32.2. The van der Waals surface area contributed by atoms with E-state index in [0.29, 0.717) is 0 Å². The zero-order valence-electron chi connectivity index (χ0n) is 52.3. The Balaban J connectivity index is 0.000000125. The van der Waals surface area contributed by atoms with E-state index < -0.39 is 0 Å². The maximum absolute atomic E-state index is 6.37. The van der Waals surface area contributed by atoms with Gasteiger partial charge in [-0.15, -0.1) is 11.3 Å². The molecular formula is C87H81N3O2S. The Morgan fingerprint density at radius 2 is 0.656 bits per heavy atom. The maximum atomic E-state index is 6.37. The fourth-order valence-corrected chi connectivity index (χ4v) is 15.1. The molecule has 0 unspecified atom stereocenters. The van der Waals surface area contributed by atoms with Gasteiger partial charge in [0.15, 0.2) is 0 Å². The van der Waals surface area contributed by atoms with Crippen LogP contribution in [0.15, 0.2) is 264 Å². The van der Waals surface area contributed by atoms with Gasteiger partial charge in [0, 0.05) is 91.8 Å². The lowest BCUT2D eigenvalue weighted by molar-refractivity contribution is 0.590. The van der Waals surface area contributed by atoms with Crippen molar-refractivity contribution in [3.8, 4) is 17.1 Å². The second-order valence-electron chi connectivity index (χ2n) is 27.3. The Morgan fingerprint density at radius 1 is 0.269 bits per heavy atom. The van der Waals surface area contributed by atoms with Crippen molar-refractivity contribution in [1.82, 2.24) is 13.7 Å². The molecule has 0 radical (unpaired) electrons. The quantitative estimate of drug-likeness (QED) is 0.177. The van der Waals surface area contributed by atoms with Gasteiger partial charge in [0.05, 0.1) is 38.5 Å². The number of rotatable bonds is 3. The molecule has 0 fully saturated rings. The standard InChI is InChI=1S/2C28H23NO.C28H23NS.3CH4/c1-28(2,3)18-12-14-19(15-13-18)29-23-10-6-4-9-22(23)26-24(29)17-16-21-20-8-5-7-11-25(20)30-27(21)26;1-28(2,3)18-12-14-19(15-13-18)29-24-10-6-4-8-20(24)22-16-23-21-9-5-7-11-26(21)30-27(23)17-25(22)29;1-28(2,3)18-12-14-19(15-13-18)29-23-10-6-4-9-22(23)26-24(29)17-16-21-20-8-5-7-11-25(20)30-27(21)26;;;/h3*4-17H,1-3H3;3*1H4. The predicted octanol–water partition coefficient (Wildman–Crippen LogP) is 26.3. The fraction of sp³-hybridized carbons (Fsp3) is 0.172. The van der Waals surface area contributed by atoms with Gasteiger partial charge in [0.2, 0.25) is 0 Å². The zero-order valence-corrected chi connectivity index (χ0v) is 53.1. The van der Waals surface area contributed by atoms with Crippen LogP contribution in [0.4, 0.5) is 0 Å². The van der Waals surface area contributed by atoms with Gasteiger partial charge in [-0.2, -0.15) is 0 Å². The van der Waals surface area contributed by atoms with Crippen LogP contribution in [0, 0.1) is 0 Å². The number of benzene rings is 12. The lowest BCUT2D eigenvalue weighted by Crippen LogP contribution is -2.10. The third-order valence-corrected chi connectivity index (χ3v) is 19.7. The molecule has 462 valence electrons. The average molecular weight is 1230 g/mol. The Hall–Kier alpha value is -10.1. The van der Waals surface area contributed by atoms with E-state index in [4.69, 9.17) is 8.83 Å². The number of fused-ring (bicyclic) bond motifs is 20. The van der Waals surface area contributed by atoms with Crippen LogP contribution in [-0.4, -0.2) is 13.7 Å². The van der Waals surface area contributed by atoms with Crippen molar-refractivity contribution in [3.63, 3.8) is 0 Å². The summed E-state index contributed by atoms with van der Waals surface area (Å²) in [4.78, 5) is 0. The molecule has 0 N–H and O–H groups in total. The summed E-state index contributed by atoms with van der Waals surface area (Å²) in [6.45, 7) is 20.3. The SMILES string of the molecule is C.C.C.CC(C)(C)c1ccc(-n2c3ccccc3c3c4oc5ccccc5c4ccc32)cc1.CC(C)(C)c1ccc(-n2c3ccccc3c3c4sc5ccccc5c4ccc32)cc1.CC(C)(C)c1ccc(-n2c3ccccc3c3cc4c(cc32)oc2ccccc24)cc1. The molecular weight excluding hydrogens is 1150 g/mol. The minimum absolute atomic E-state index is 0. The van der Waals surface area contributed by atoms with Crippen LogP contribution in [0.25, 0.3) is 147 Å². The summed E-state index contributed by atoms with van der Waals surface area (Å²) in [5, 5.41) is 15.0. The van der Waals surface area contributed by atoms with E-state index in [1.807, 2.05) is 35.6 Å². The van der Waals surface area contributed by atoms with Gasteiger partial charge in [-0.05, 0) is 130 Å². The van der Waals surface area contributed by atoms with E-state index in [1.165, 1.54) is 141 Å². The summed E-state index contributed by atoms with van der Waals surface area (Å²) in [6.07, 6.45) is 0. The molecule has 0 amide bonds. The van der Waals surface area contributed by atoms with Gasteiger partial charge < -0.3 is 22.5 Å². The van der Waals surface area contributed by atoms with Gasteiger partial charge in [0.1, 0.15) is 22.3 Å². The predicted molar refractivity (Wildman–Crippen MR) is 406 cm³/mol. The van der Waals surface area contributed by atoms with Crippen LogP contribution in [-0.2, 0) is 16.2 Å². The Bertz CT molecular complexity index is 5480. The highest BCUT2D eigenvalue weighted by Crippen LogP contribution is 2.45. The van der Waals surface area contributed by atoms with Gasteiger partial charge in [0.25, 0.3) is 0 Å². The Morgan fingerprint density at radius 3 is 1.17 bits per heavy atom. The molecule has 5 nitrogen and oxygen atoms in total. The van der Waals surface area contributed by atoms with Crippen molar-refractivity contribution in [1.29, 1.82) is 0 Å². The molecule has 12 aromatic carbocycles.